The molecular formula is C15H23FN2O2S. The summed E-state index contributed by atoms with van der Waals surface area (Å²) in [5.74, 6) is -0.529. The van der Waals surface area contributed by atoms with Gasteiger partial charge in [0.2, 0.25) is 10.0 Å². The molecule has 0 radical (unpaired) electrons. The van der Waals surface area contributed by atoms with Crippen molar-refractivity contribution in [3.05, 3.63) is 30.1 Å². The lowest BCUT2D eigenvalue weighted by Crippen LogP contribution is -2.44. The molecule has 0 bridgehead atoms. The normalized spacial score (nSPS) is 23.4. The number of sulfonamides is 1. The van der Waals surface area contributed by atoms with Gasteiger partial charge in [0.15, 0.2) is 0 Å². The van der Waals surface area contributed by atoms with Crippen LogP contribution in [0.25, 0.3) is 0 Å². The Morgan fingerprint density at radius 2 is 1.95 bits per heavy atom. The molecule has 2 N–H and O–H groups in total. The fourth-order valence-corrected chi connectivity index (χ4v) is 4.68. The molecule has 0 atom stereocenters. The van der Waals surface area contributed by atoms with E-state index in [-0.39, 0.29) is 17.0 Å². The first-order chi connectivity index (χ1) is 9.95. The van der Waals surface area contributed by atoms with Crippen LogP contribution < -0.4 is 5.73 Å². The molecule has 1 aliphatic carbocycles. The summed E-state index contributed by atoms with van der Waals surface area (Å²) in [5, 5.41) is 0. The lowest BCUT2D eigenvalue weighted by atomic mass is 9.92. The van der Waals surface area contributed by atoms with Gasteiger partial charge in [-0.1, -0.05) is 13.0 Å². The third-order valence-electron chi connectivity index (χ3n) is 4.00. The van der Waals surface area contributed by atoms with Crippen LogP contribution in [0.4, 0.5) is 4.39 Å². The number of hydrogen-bond donors (Lipinski definition) is 1. The molecule has 1 aromatic rings. The highest BCUT2D eigenvalue weighted by Crippen LogP contribution is 2.28. The van der Waals surface area contributed by atoms with Gasteiger partial charge in [-0.05, 0) is 50.3 Å². The van der Waals surface area contributed by atoms with E-state index in [0.29, 0.717) is 6.54 Å². The van der Waals surface area contributed by atoms with Crippen molar-refractivity contribution in [1.82, 2.24) is 4.31 Å². The molecule has 1 aliphatic rings. The summed E-state index contributed by atoms with van der Waals surface area (Å²) in [5.41, 5.74) is 5.89. The molecule has 0 spiro atoms. The number of rotatable bonds is 5. The zero-order valence-corrected chi connectivity index (χ0v) is 13.2. The van der Waals surface area contributed by atoms with Crippen LogP contribution in [-0.4, -0.2) is 31.4 Å². The van der Waals surface area contributed by atoms with Crippen molar-refractivity contribution >= 4 is 10.0 Å². The first-order valence-corrected chi connectivity index (χ1v) is 8.92. The first kappa shape index (κ1) is 16.4. The van der Waals surface area contributed by atoms with Crippen molar-refractivity contribution in [2.75, 3.05) is 6.54 Å². The molecule has 118 valence electrons. The molecule has 0 heterocycles. The molecule has 0 saturated heterocycles. The van der Waals surface area contributed by atoms with E-state index < -0.39 is 15.8 Å². The third kappa shape index (κ3) is 3.81. The number of hydrogen-bond acceptors (Lipinski definition) is 3. The summed E-state index contributed by atoms with van der Waals surface area (Å²) in [7, 11) is -3.65. The molecule has 0 aromatic heterocycles. The molecule has 1 aromatic carbocycles. The number of halogens is 1. The summed E-state index contributed by atoms with van der Waals surface area (Å²) in [4.78, 5) is 0.0332. The highest BCUT2D eigenvalue weighted by Gasteiger charge is 2.33. The fraction of sp³-hybridized carbons (Fsp3) is 0.600. The second kappa shape index (κ2) is 6.85. The van der Waals surface area contributed by atoms with Gasteiger partial charge < -0.3 is 5.73 Å². The zero-order valence-electron chi connectivity index (χ0n) is 12.3. The van der Waals surface area contributed by atoms with Gasteiger partial charge in [-0.3, -0.25) is 0 Å². The lowest BCUT2D eigenvalue weighted by Gasteiger charge is -2.35. The van der Waals surface area contributed by atoms with E-state index in [1.807, 2.05) is 6.92 Å². The molecule has 2 rings (SSSR count). The average Bonchev–Trinajstić information content (AvgIpc) is 2.46. The molecule has 0 aliphatic heterocycles. The molecular weight excluding hydrogens is 291 g/mol. The maximum atomic E-state index is 13.3. The smallest absolute Gasteiger partial charge is 0.243 e. The van der Waals surface area contributed by atoms with E-state index in [1.165, 1.54) is 22.5 Å². The summed E-state index contributed by atoms with van der Waals surface area (Å²) in [6.45, 7) is 2.40. The minimum atomic E-state index is -3.65. The van der Waals surface area contributed by atoms with Gasteiger partial charge in [0.05, 0.1) is 4.90 Å². The quantitative estimate of drug-likeness (QED) is 0.908. The maximum Gasteiger partial charge on any atom is 0.243 e. The van der Waals surface area contributed by atoms with Crippen molar-refractivity contribution in [3.8, 4) is 0 Å². The number of benzene rings is 1. The Bertz CT molecular complexity index is 569. The molecule has 1 fully saturated rings. The van der Waals surface area contributed by atoms with Crippen molar-refractivity contribution in [2.45, 2.75) is 56.0 Å². The molecule has 4 nitrogen and oxygen atoms in total. The van der Waals surface area contributed by atoms with E-state index >= 15 is 0 Å². The predicted octanol–water partition coefficient (Wildman–Crippen LogP) is 2.50. The van der Waals surface area contributed by atoms with E-state index in [4.69, 9.17) is 5.73 Å². The fourth-order valence-electron chi connectivity index (χ4n) is 2.87. The van der Waals surface area contributed by atoms with Crippen molar-refractivity contribution < 1.29 is 12.8 Å². The minimum Gasteiger partial charge on any atom is -0.328 e. The largest absolute Gasteiger partial charge is 0.328 e. The van der Waals surface area contributed by atoms with Crippen LogP contribution in [0.1, 0.15) is 39.0 Å². The van der Waals surface area contributed by atoms with Gasteiger partial charge >= 0.3 is 0 Å². The highest BCUT2D eigenvalue weighted by atomic mass is 32.2. The van der Waals surface area contributed by atoms with Crippen LogP contribution in [0.5, 0.6) is 0 Å². The Morgan fingerprint density at radius 3 is 2.52 bits per heavy atom. The van der Waals surface area contributed by atoms with E-state index in [1.54, 1.807) is 0 Å². The van der Waals surface area contributed by atoms with Crippen LogP contribution in [0.3, 0.4) is 0 Å². The average molecular weight is 314 g/mol. The standard InChI is InChI=1S/C15H23FN2O2S/c1-2-10-18(14-8-6-13(17)7-9-14)21(19,20)15-5-3-4-12(16)11-15/h3-5,11,13-14H,2,6-10,17H2,1H3. The van der Waals surface area contributed by atoms with E-state index in [2.05, 4.69) is 0 Å². The van der Waals surface area contributed by atoms with Gasteiger partial charge in [-0.2, -0.15) is 4.31 Å². The lowest BCUT2D eigenvalue weighted by molar-refractivity contribution is 0.240. The van der Waals surface area contributed by atoms with E-state index in [9.17, 15) is 12.8 Å². The second-order valence-electron chi connectivity index (χ2n) is 5.64. The van der Waals surface area contributed by atoms with Crippen LogP contribution in [-0.2, 0) is 10.0 Å². The Labute approximate surface area is 126 Å². The van der Waals surface area contributed by atoms with Crippen molar-refractivity contribution in [1.29, 1.82) is 0 Å². The van der Waals surface area contributed by atoms with Crippen LogP contribution in [0.15, 0.2) is 29.2 Å². The predicted molar refractivity (Wildman–Crippen MR) is 80.8 cm³/mol. The van der Waals surface area contributed by atoms with Gasteiger partial charge in [0, 0.05) is 18.6 Å². The molecule has 6 heteroatoms. The molecule has 0 unspecified atom stereocenters. The molecule has 1 saturated carbocycles. The summed E-state index contributed by atoms with van der Waals surface area (Å²) >= 11 is 0. The number of nitrogens with two attached hydrogens (primary N) is 1. The summed E-state index contributed by atoms with van der Waals surface area (Å²) in [6.07, 6.45) is 3.95. The second-order valence-corrected chi connectivity index (χ2v) is 7.53. The molecule has 0 amide bonds. The molecule has 21 heavy (non-hydrogen) atoms. The van der Waals surface area contributed by atoms with Crippen molar-refractivity contribution in [3.63, 3.8) is 0 Å². The Kier molecular flexibility index (Phi) is 5.35. The number of nitrogens with zero attached hydrogens (tertiary/aromatic N) is 1. The first-order valence-electron chi connectivity index (χ1n) is 7.48. The van der Waals surface area contributed by atoms with Crippen molar-refractivity contribution in [2.24, 2.45) is 5.73 Å². The summed E-state index contributed by atoms with van der Waals surface area (Å²) < 4.78 is 40.4. The Balaban J connectivity index is 2.28. The van der Waals surface area contributed by atoms with Gasteiger partial charge in [0.25, 0.3) is 0 Å². The van der Waals surface area contributed by atoms with Gasteiger partial charge in [-0.15, -0.1) is 0 Å². The monoisotopic (exact) mass is 314 g/mol. The van der Waals surface area contributed by atoms with Crippen LogP contribution >= 0.6 is 0 Å². The van der Waals surface area contributed by atoms with Crippen LogP contribution in [0, 0.1) is 5.82 Å². The Hall–Kier alpha value is -0.980. The van der Waals surface area contributed by atoms with Gasteiger partial charge in [0.1, 0.15) is 5.82 Å². The topological polar surface area (TPSA) is 63.4 Å². The maximum absolute atomic E-state index is 13.3. The highest BCUT2D eigenvalue weighted by molar-refractivity contribution is 7.89. The third-order valence-corrected chi connectivity index (χ3v) is 5.94. The minimum absolute atomic E-state index is 0.0296. The van der Waals surface area contributed by atoms with Gasteiger partial charge in [-0.25, -0.2) is 12.8 Å². The SMILES string of the molecule is CCCN(C1CCC(N)CC1)S(=O)(=O)c1cccc(F)c1. The Morgan fingerprint density at radius 1 is 1.29 bits per heavy atom. The van der Waals surface area contributed by atoms with E-state index in [0.717, 1.165) is 38.2 Å². The summed E-state index contributed by atoms with van der Waals surface area (Å²) in [6, 6.07) is 5.37. The van der Waals surface area contributed by atoms with Crippen LogP contribution in [0.2, 0.25) is 0 Å². The zero-order chi connectivity index (χ0) is 15.5.